The second-order valence-electron chi connectivity index (χ2n) is 3.79. The van der Waals surface area contributed by atoms with Crippen molar-refractivity contribution in [2.45, 2.75) is 25.7 Å². The first-order valence-electron chi connectivity index (χ1n) is 4.65. The Morgan fingerprint density at radius 2 is 2.25 bits per heavy atom. The SMILES string of the molecule is C[N+]1=CC2CCCCC2C(=O)N1. The lowest BCUT2D eigenvalue weighted by Crippen LogP contribution is -2.47. The number of amides is 1. The van der Waals surface area contributed by atoms with Crippen LogP contribution in [0.25, 0.3) is 0 Å². The normalized spacial score (nSPS) is 35.1. The van der Waals surface area contributed by atoms with E-state index in [0.717, 1.165) is 6.42 Å². The maximum absolute atomic E-state index is 11.5. The van der Waals surface area contributed by atoms with Crippen LogP contribution in [0.1, 0.15) is 25.7 Å². The summed E-state index contributed by atoms with van der Waals surface area (Å²) >= 11 is 0. The molecular formula is C9H15N2O+. The molecular weight excluding hydrogens is 152 g/mol. The molecule has 1 saturated carbocycles. The third-order valence-electron chi connectivity index (χ3n) is 2.86. The van der Waals surface area contributed by atoms with E-state index in [1.54, 1.807) is 4.68 Å². The molecule has 0 aromatic carbocycles. The summed E-state index contributed by atoms with van der Waals surface area (Å²) in [5.74, 6) is 0.970. The van der Waals surface area contributed by atoms with E-state index in [0.29, 0.717) is 5.92 Å². The van der Waals surface area contributed by atoms with E-state index in [1.165, 1.54) is 19.3 Å². The van der Waals surface area contributed by atoms with Crippen LogP contribution in [0.15, 0.2) is 0 Å². The lowest BCUT2D eigenvalue weighted by Gasteiger charge is -2.28. The Bertz CT molecular complexity index is 235. The molecule has 66 valence electrons. The summed E-state index contributed by atoms with van der Waals surface area (Å²) in [5.41, 5.74) is 2.82. The molecule has 2 aliphatic rings. The predicted molar refractivity (Wildman–Crippen MR) is 45.8 cm³/mol. The van der Waals surface area contributed by atoms with Gasteiger partial charge >= 0.3 is 0 Å². The second kappa shape index (κ2) is 2.88. The monoisotopic (exact) mass is 167 g/mol. The fraction of sp³-hybridized carbons (Fsp3) is 0.778. The summed E-state index contributed by atoms with van der Waals surface area (Å²) in [4.78, 5) is 11.5. The molecule has 3 nitrogen and oxygen atoms in total. The fourth-order valence-corrected chi connectivity index (χ4v) is 2.24. The fourth-order valence-electron chi connectivity index (χ4n) is 2.24. The molecule has 0 saturated heterocycles. The van der Waals surface area contributed by atoms with Gasteiger partial charge in [0, 0.05) is 0 Å². The van der Waals surface area contributed by atoms with Gasteiger partial charge in [-0.15, -0.1) is 10.1 Å². The zero-order valence-corrected chi connectivity index (χ0v) is 7.42. The second-order valence-corrected chi connectivity index (χ2v) is 3.79. The summed E-state index contributed by atoms with van der Waals surface area (Å²) < 4.78 is 1.80. The Hall–Kier alpha value is -0.860. The summed E-state index contributed by atoms with van der Waals surface area (Å²) in [6.07, 6.45) is 6.89. The van der Waals surface area contributed by atoms with Crippen LogP contribution >= 0.6 is 0 Å². The van der Waals surface area contributed by atoms with Crippen molar-refractivity contribution in [3.8, 4) is 0 Å². The average molecular weight is 167 g/mol. The molecule has 1 aliphatic carbocycles. The molecule has 0 aromatic heterocycles. The maximum Gasteiger partial charge on any atom is 0.278 e. The van der Waals surface area contributed by atoms with Crippen LogP contribution in [0.2, 0.25) is 0 Å². The molecule has 2 rings (SSSR count). The van der Waals surface area contributed by atoms with Gasteiger partial charge in [0.1, 0.15) is 0 Å². The van der Waals surface area contributed by atoms with Gasteiger partial charge in [-0.25, -0.2) is 0 Å². The smallest absolute Gasteiger partial charge is 0.269 e. The van der Waals surface area contributed by atoms with Crippen molar-refractivity contribution in [1.82, 2.24) is 5.43 Å². The van der Waals surface area contributed by atoms with E-state index in [9.17, 15) is 4.79 Å². The number of fused-ring (bicyclic) bond motifs is 1. The quantitative estimate of drug-likeness (QED) is 0.525. The van der Waals surface area contributed by atoms with E-state index in [-0.39, 0.29) is 11.8 Å². The van der Waals surface area contributed by atoms with Crippen molar-refractivity contribution < 1.29 is 9.48 Å². The third-order valence-corrected chi connectivity index (χ3v) is 2.86. The number of carbonyl (C=O) groups is 1. The molecule has 0 bridgehead atoms. The first-order chi connectivity index (χ1) is 5.77. The van der Waals surface area contributed by atoms with E-state index in [1.807, 2.05) is 7.05 Å². The largest absolute Gasteiger partial charge is 0.278 e. The number of hydrogen-bond acceptors (Lipinski definition) is 1. The highest BCUT2D eigenvalue weighted by Crippen LogP contribution is 2.29. The molecule has 0 aromatic rings. The van der Waals surface area contributed by atoms with Crippen LogP contribution in [0, 0.1) is 11.8 Å². The molecule has 2 atom stereocenters. The topological polar surface area (TPSA) is 32.1 Å². The highest BCUT2D eigenvalue weighted by Gasteiger charge is 2.36. The zero-order valence-electron chi connectivity index (χ0n) is 7.42. The van der Waals surface area contributed by atoms with Crippen molar-refractivity contribution in [2.24, 2.45) is 11.8 Å². The number of hydrazine groups is 1. The van der Waals surface area contributed by atoms with Gasteiger partial charge in [0.15, 0.2) is 13.3 Å². The zero-order chi connectivity index (χ0) is 8.55. The van der Waals surface area contributed by atoms with Gasteiger partial charge in [0.2, 0.25) is 0 Å². The Labute approximate surface area is 72.4 Å². The van der Waals surface area contributed by atoms with Crippen LogP contribution in [0.5, 0.6) is 0 Å². The lowest BCUT2D eigenvalue weighted by molar-refractivity contribution is -0.548. The standard InChI is InChI=1S/C9H14N2O/c1-11-6-7-4-2-3-5-8(7)9(12)10-11/h6-8H,2-5H2,1H3/p+1. The molecule has 1 N–H and O–H groups in total. The van der Waals surface area contributed by atoms with E-state index >= 15 is 0 Å². The minimum atomic E-state index is 0.213. The van der Waals surface area contributed by atoms with Crippen molar-refractivity contribution in [3.63, 3.8) is 0 Å². The maximum atomic E-state index is 11.5. The molecule has 1 amide bonds. The summed E-state index contributed by atoms with van der Waals surface area (Å²) in [7, 11) is 1.89. The molecule has 1 heterocycles. The van der Waals surface area contributed by atoms with Gasteiger partial charge in [0.25, 0.3) is 5.91 Å². The van der Waals surface area contributed by atoms with E-state index < -0.39 is 0 Å². The first-order valence-corrected chi connectivity index (χ1v) is 4.65. The van der Waals surface area contributed by atoms with Crippen molar-refractivity contribution in [2.75, 3.05) is 7.05 Å². The van der Waals surface area contributed by atoms with Crippen LogP contribution in [0.3, 0.4) is 0 Å². The Kier molecular flexibility index (Phi) is 1.87. The minimum absolute atomic E-state index is 0.213. The van der Waals surface area contributed by atoms with E-state index in [2.05, 4.69) is 11.6 Å². The highest BCUT2D eigenvalue weighted by molar-refractivity contribution is 5.83. The highest BCUT2D eigenvalue weighted by atomic mass is 16.2. The van der Waals surface area contributed by atoms with Crippen LogP contribution in [0.4, 0.5) is 0 Å². The molecule has 0 spiro atoms. The Morgan fingerprint density at radius 3 is 3.08 bits per heavy atom. The van der Waals surface area contributed by atoms with Crippen LogP contribution in [-0.2, 0) is 4.79 Å². The minimum Gasteiger partial charge on any atom is -0.269 e. The molecule has 1 fully saturated rings. The molecule has 1 aliphatic heterocycles. The number of nitrogens with one attached hydrogen (secondary N) is 1. The average Bonchev–Trinajstić information content (AvgIpc) is 2.04. The number of hydrazone groups is 1. The predicted octanol–water partition coefficient (Wildman–Crippen LogP) is 0.551. The Balaban J connectivity index is 2.19. The lowest BCUT2D eigenvalue weighted by atomic mass is 9.79. The van der Waals surface area contributed by atoms with Crippen molar-refractivity contribution in [1.29, 1.82) is 0 Å². The number of rotatable bonds is 0. The summed E-state index contributed by atoms with van der Waals surface area (Å²) in [5, 5.41) is 0. The Morgan fingerprint density at radius 1 is 1.50 bits per heavy atom. The van der Waals surface area contributed by atoms with Gasteiger partial charge in [0.05, 0.1) is 11.8 Å². The molecule has 12 heavy (non-hydrogen) atoms. The van der Waals surface area contributed by atoms with Crippen molar-refractivity contribution in [3.05, 3.63) is 0 Å². The van der Waals surface area contributed by atoms with Gasteiger partial charge < -0.3 is 0 Å². The van der Waals surface area contributed by atoms with Gasteiger partial charge in [-0.2, -0.15) is 0 Å². The van der Waals surface area contributed by atoms with Gasteiger partial charge in [-0.05, 0) is 12.8 Å². The summed E-state index contributed by atoms with van der Waals surface area (Å²) in [6.45, 7) is 0. The van der Waals surface area contributed by atoms with Crippen LogP contribution < -0.4 is 5.43 Å². The number of nitrogens with zero attached hydrogens (tertiary/aromatic N) is 1. The molecule has 3 heteroatoms. The third kappa shape index (κ3) is 1.24. The van der Waals surface area contributed by atoms with Gasteiger partial charge in [-0.1, -0.05) is 12.8 Å². The van der Waals surface area contributed by atoms with E-state index in [4.69, 9.17) is 0 Å². The first kappa shape index (κ1) is 7.77. The van der Waals surface area contributed by atoms with Crippen LogP contribution in [-0.4, -0.2) is 23.9 Å². The van der Waals surface area contributed by atoms with Gasteiger partial charge in [-0.3, -0.25) is 4.79 Å². The molecule has 0 radical (unpaired) electrons. The summed E-state index contributed by atoms with van der Waals surface area (Å²) in [6, 6.07) is 0. The van der Waals surface area contributed by atoms with Crippen molar-refractivity contribution >= 4 is 12.1 Å². The molecule has 2 unspecified atom stereocenters. The number of carbonyl (C=O) groups excluding carboxylic acids is 1. The number of hydrogen-bond donors (Lipinski definition) is 1.